The molecule has 4 aliphatic carbocycles. The monoisotopic (exact) mass is 352 g/mol. The van der Waals surface area contributed by atoms with E-state index in [1.807, 2.05) is 11.8 Å². The zero-order valence-corrected chi connectivity index (χ0v) is 15.7. The van der Waals surface area contributed by atoms with Crippen LogP contribution in [0.1, 0.15) is 58.8 Å². The van der Waals surface area contributed by atoms with E-state index in [2.05, 4.69) is 11.8 Å². The highest BCUT2D eigenvalue weighted by Gasteiger charge is 2.62. The van der Waals surface area contributed by atoms with Crippen molar-refractivity contribution in [2.24, 2.45) is 17.3 Å². The van der Waals surface area contributed by atoms with Gasteiger partial charge in [-0.1, -0.05) is 6.92 Å². The molecule has 1 heterocycles. The molecule has 1 saturated heterocycles. The number of amides is 1. The molecule has 25 heavy (non-hydrogen) atoms. The summed E-state index contributed by atoms with van der Waals surface area (Å²) in [7, 11) is 0. The number of aliphatic hydroxyl groups excluding tert-OH is 1. The van der Waals surface area contributed by atoms with E-state index in [0.29, 0.717) is 43.7 Å². The van der Waals surface area contributed by atoms with E-state index in [0.717, 1.165) is 45.3 Å². The van der Waals surface area contributed by atoms with Gasteiger partial charge in [0.05, 0.1) is 11.5 Å². The Morgan fingerprint density at radius 1 is 1.24 bits per heavy atom. The average molecular weight is 352 g/mol. The number of halogens is 1. The Hall–Kier alpha value is -0.680. The van der Waals surface area contributed by atoms with Crippen LogP contribution in [-0.2, 0) is 4.79 Å². The Kier molecular flexibility index (Phi) is 4.39. The van der Waals surface area contributed by atoms with E-state index in [-0.39, 0.29) is 12.0 Å². The van der Waals surface area contributed by atoms with E-state index < -0.39 is 11.1 Å². The molecule has 4 atom stereocenters. The molecule has 0 unspecified atom stereocenters. The minimum absolute atomic E-state index is 0.235. The second-order valence-electron chi connectivity index (χ2n) is 9.55. The summed E-state index contributed by atoms with van der Waals surface area (Å²) < 4.78 is 15.2. The van der Waals surface area contributed by atoms with Crippen molar-refractivity contribution in [1.82, 2.24) is 9.80 Å². The van der Waals surface area contributed by atoms with Crippen LogP contribution in [0.5, 0.6) is 0 Å². The van der Waals surface area contributed by atoms with E-state index >= 15 is 4.39 Å². The summed E-state index contributed by atoms with van der Waals surface area (Å²) >= 11 is 0. The third kappa shape index (κ3) is 3.12. The maximum atomic E-state index is 15.2. The number of rotatable bonds is 4. The van der Waals surface area contributed by atoms with Gasteiger partial charge in [0.2, 0.25) is 5.91 Å². The normalized spacial score (nSPS) is 45.0. The first-order chi connectivity index (χ1) is 11.8. The fourth-order valence-electron chi connectivity index (χ4n) is 6.78. The number of alkyl halides is 1. The van der Waals surface area contributed by atoms with Crippen LogP contribution in [-0.4, -0.2) is 64.8 Å². The molecule has 0 aromatic rings. The zero-order valence-electron chi connectivity index (χ0n) is 15.7. The molecule has 5 fully saturated rings. The number of carbonyl (C=O) groups excluding carboxylic acids is 1. The van der Waals surface area contributed by atoms with Crippen molar-refractivity contribution in [3.8, 4) is 0 Å². The Morgan fingerprint density at radius 2 is 1.92 bits per heavy atom. The second-order valence-corrected chi connectivity index (χ2v) is 9.55. The van der Waals surface area contributed by atoms with Crippen LogP contribution in [0.3, 0.4) is 0 Å². The quantitative estimate of drug-likeness (QED) is 0.846. The molecule has 0 radical (unpaired) electrons. The van der Waals surface area contributed by atoms with Gasteiger partial charge in [0.15, 0.2) is 0 Å². The first-order valence-corrected chi connectivity index (χ1v) is 10.2. The van der Waals surface area contributed by atoms with Crippen LogP contribution in [0, 0.1) is 17.3 Å². The fourth-order valence-corrected chi connectivity index (χ4v) is 6.78. The molecule has 1 aliphatic heterocycles. The number of aliphatic hydroxyl groups is 1. The molecule has 4 nitrogen and oxygen atoms in total. The molecule has 1 amide bonds. The molecule has 5 aliphatic rings. The van der Waals surface area contributed by atoms with E-state index in [1.54, 1.807) is 0 Å². The standard InChI is InChI=1S/C20H33FN2O2/c1-3-17-12-23(5-4-22(17)11-14(2)24)18(25)19-7-15-6-16(8-19)10-20(21,9-15)13-19/h14-17,24H,3-13H2,1-2H3/t14-,15+,16+,17-,19?,20?/m0/s1. The van der Waals surface area contributed by atoms with Crippen molar-refractivity contribution in [3.63, 3.8) is 0 Å². The van der Waals surface area contributed by atoms with Gasteiger partial charge in [-0.2, -0.15) is 0 Å². The minimum atomic E-state index is -1.07. The molecular formula is C20H33FN2O2. The lowest BCUT2D eigenvalue weighted by molar-refractivity contribution is -0.173. The van der Waals surface area contributed by atoms with Crippen LogP contribution in [0.2, 0.25) is 0 Å². The van der Waals surface area contributed by atoms with Gasteiger partial charge in [0.1, 0.15) is 5.67 Å². The van der Waals surface area contributed by atoms with Gasteiger partial charge in [-0.05, 0) is 63.7 Å². The summed E-state index contributed by atoms with van der Waals surface area (Å²) in [5.41, 5.74) is -1.48. The van der Waals surface area contributed by atoms with E-state index in [4.69, 9.17) is 0 Å². The van der Waals surface area contributed by atoms with Gasteiger partial charge in [0, 0.05) is 32.2 Å². The van der Waals surface area contributed by atoms with Gasteiger partial charge in [-0.25, -0.2) is 4.39 Å². The summed E-state index contributed by atoms with van der Waals surface area (Å²) in [6.45, 7) is 6.91. The van der Waals surface area contributed by atoms with Crippen molar-refractivity contribution < 1.29 is 14.3 Å². The molecule has 4 saturated carbocycles. The predicted octanol–water partition coefficient (Wildman–Crippen LogP) is 2.60. The predicted molar refractivity (Wildman–Crippen MR) is 94.9 cm³/mol. The number of hydrogen-bond acceptors (Lipinski definition) is 3. The van der Waals surface area contributed by atoms with Crippen molar-refractivity contribution in [1.29, 1.82) is 0 Å². The first-order valence-electron chi connectivity index (χ1n) is 10.2. The van der Waals surface area contributed by atoms with Crippen LogP contribution < -0.4 is 0 Å². The van der Waals surface area contributed by atoms with Crippen molar-refractivity contribution in [3.05, 3.63) is 0 Å². The highest BCUT2D eigenvalue weighted by Crippen LogP contribution is 2.63. The summed E-state index contributed by atoms with van der Waals surface area (Å²) in [6.07, 6.45) is 5.46. The largest absolute Gasteiger partial charge is 0.392 e. The molecule has 0 spiro atoms. The van der Waals surface area contributed by atoms with E-state index in [9.17, 15) is 9.90 Å². The van der Waals surface area contributed by atoms with Crippen LogP contribution in [0.15, 0.2) is 0 Å². The lowest BCUT2D eigenvalue weighted by Gasteiger charge is -2.59. The maximum absolute atomic E-state index is 15.2. The van der Waals surface area contributed by atoms with Gasteiger partial charge in [0.25, 0.3) is 0 Å². The molecule has 0 aromatic carbocycles. The third-order valence-corrected chi connectivity index (χ3v) is 7.31. The lowest BCUT2D eigenvalue weighted by Crippen LogP contribution is -2.63. The Balaban J connectivity index is 1.48. The van der Waals surface area contributed by atoms with Crippen molar-refractivity contribution in [2.45, 2.75) is 76.6 Å². The van der Waals surface area contributed by atoms with Gasteiger partial charge >= 0.3 is 0 Å². The molecule has 142 valence electrons. The Morgan fingerprint density at radius 3 is 2.48 bits per heavy atom. The fraction of sp³-hybridized carbons (Fsp3) is 0.950. The highest BCUT2D eigenvalue weighted by atomic mass is 19.1. The third-order valence-electron chi connectivity index (χ3n) is 7.31. The zero-order chi connectivity index (χ0) is 17.8. The number of nitrogens with zero attached hydrogens (tertiary/aromatic N) is 2. The molecule has 0 aromatic heterocycles. The van der Waals surface area contributed by atoms with Crippen LogP contribution >= 0.6 is 0 Å². The molecule has 1 N–H and O–H groups in total. The maximum Gasteiger partial charge on any atom is 0.229 e. The van der Waals surface area contributed by atoms with Crippen LogP contribution in [0.4, 0.5) is 4.39 Å². The second kappa shape index (κ2) is 6.19. The van der Waals surface area contributed by atoms with Gasteiger partial charge < -0.3 is 10.0 Å². The molecule has 4 bridgehead atoms. The number of hydrogen-bond donors (Lipinski definition) is 1. The molecule has 5 heteroatoms. The topological polar surface area (TPSA) is 43.8 Å². The first kappa shape index (κ1) is 17.7. The summed E-state index contributed by atoms with van der Waals surface area (Å²) in [5.74, 6) is 1.08. The van der Waals surface area contributed by atoms with Crippen LogP contribution in [0.25, 0.3) is 0 Å². The molecular weight excluding hydrogens is 319 g/mol. The summed E-state index contributed by atoms with van der Waals surface area (Å²) in [5, 5.41) is 9.71. The number of carbonyl (C=O) groups is 1. The van der Waals surface area contributed by atoms with Crippen molar-refractivity contribution in [2.75, 3.05) is 26.2 Å². The highest BCUT2D eigenvalue weighted by molar-refractivity contribution is 5.83. The Labute approximate surface area is 150 Å². The Bertz CT molecular complexity index is 524. The van der Waals surface area contributed by atoms with Gasteiger partial charge in [-0.15, -0.1) is 0 Å². The summed E-state index contributed by atoms with van der Waals surface area (Å²) in [4.78, 5) is 17.8. The molecule has 5 rings (SSSR count). The number of β-amino-alcohol motifs (C(OH)–C–C–N with tert-alkyl or cyclic N) is 1. The van der Waals surface area contributed by atoms with Crippen molar-refractivity contribution >= 4 is 5.91 Å². The van der Waals surface area contributed by atoms with E-state index in [1.165, 1.54) is 0 Å². The SMILES string of the molecule is CC[C@H]1CN(C(=O)C23C[C@H]4C[C@@H](CC(F)(C4)C2)C3)CCN1C[C@H](C)O. The summed E-state index contributed by atoms with van der Waals surface area (Å²) in [6, 6.07) is 0.306. The smallest absolute Gasteiger partial charge is 0.229 e. The van der Waals surface area contributed by atoms with Gasteiger partial charge in [-0.3, -0.25) is 9.69 Å². The average Bonchev–Trinajstić information content (AvgIpc) is 2.51. The minimum Gasteiger partial charge on any atom is -0.392 e. The lowest BCUT2D eigenvalue weighted by atomic mass is 9.48. The number of piperazine rings is 1.